The van der Waals surface area contributed by atoms with Gasteiger partial charge in [0.05, 0.1) is 23.4 Å². The van der Waals surface area contributed by atoms with Crippen LogP contribution in [-0.4, -0.2) is 42.1 Å². The molecule has 0 saturated carbocycles. The van der Waals surface area contributed by atoms with E-state index in [-0.39, 0.29) is 11.9 Å². The number of pyridine rings is 2. The molecule has 9 heteroatoms. The summed E-state index contributed by atoms with van der Waals surface area (Å²) in [5.41, 5.74) is 1.08. The highest BCUT2D eigenvalue weighted by Crippen LogP contribution is 2.36. The number of aromatic nitrogens is 2. The number of rotatable bonds is 7. The van der Waals surface area contributed by atoms with E-state index in [4.69, 9.17) is 9.31 Å². The molecular weight excluding hydrogens is 408 g/mol. The van der Waals surface area contributed by atoms with E-state index in [1.807, 2.05) is 52.9 Å². The molecule has 0 radical (unpaired) electrons. The summed E-state index contributed by atoms with van der Waals surface area (Å²) in [4.78, 5) is 11.1. The van der Waals surface area contributed by atoms with Crippen molar-refractivity contribution in [1.82, 2.24) is 9.97 Å². The largest absolute Gasteiger partial charge is 0.496 e. The van der Waals surface area contributed by atoms with Crippen LogP contribution < -0.4 is 15.4 Å². The first-order valence-electron chi connectivity index (χ1n) is 10.6. The summed E-state index contributed by atoms with van der Waals surface area (Å²) in [7, 11) is 1.53. The average Bonchev–Trinajstić information content (AvgIpc) is 2.98. The summed E-state index contributed by atoms with van der Waals surface area (Å²) in [6, 6.07) is 7.66. The molecule has 0 aromatic carbocycles. The Morgan fingerprint density at radius 3 is 2.16 bits per heavy atom. The van der Waals surface area contributed by atoms with Crippen LogP contribution in [0.15, 0.2) is 53.8 Å². The summed E-state index contributed by atoms with van der Waals surface area (Å²) < 4.78 is 25.4. The summed E-state index contributed by atoms with van der Waals surface area (Å²) in [5, 5.41) is 5.07. The lowest BCUT2D eigenvalue weighted by Gasteiger charge is -2.32. The van der Waals surface area contributed by atoms with Gasteiger partial charge in [0.1, 0.15) is 11.6 Å². The molecule has 2 aromatic rings. The molecule has 1 saturated heterocycles. The number of hydrazone groups is 1. The molecule has 1 aliphatic heterocycles. The van der Waals surface area contributed by atoms with Crippen molar-refractivity contribution in [1.29, 1.82) is 0 Å². The van der Waals surface area contributed by atoms with E-state index >= 15 is 0 Å². The van der Waals surface area contributed by atoms with Crippen molar-refractivity contribution in [3.8, 4) is 0 Å². The molecule has 0 bridgehead atoms. The zero-order chi connectivity index (χ0) is 23.7. The molecule has 7 nitrogen and oxygen atoms in total. The molecule has 1 fully saturated rings. The normalized spacial score (nSPS) is 18.4. The van der Waals surface area contributed by atoms with Crippen molar-refractivity contribution in [2.24, 2.45) is 5.10 Å². The van der Waals surface area contributed by atoms with Gasteiger partial charge in [-0.1, -0.05) is 12.1 Å². The van der Waals surface area contributed by atoms with Crippen molar-refractivity contribution < 1.29 is 13.7 Å². The first kappa shape index (κ1) is 23.9. The molecule has 0 spiro atoms. The van der Waals surface area contributed by atoms with E-state index in [9.17, 15) is 4.39 Å². The van der Waals surface area contributed by atoms with E-state index in [0.29, 0.717) is 5.82 Å². The van der Waals surface area contributed by atoms with Crippen LogP contribution in [-0.2, 0) is 9.31 Å². The van der Waals surface area contributed by atoms with E-state index in [1.54, 1.807) is 18.5 Å². The maximum atomic E-state index is 13.2. The van der Waals surface area contributed by atoms with Gasteiger partial charge in [-0.15, -0.1) is 0 Å². The van der Waals surface area contributed by atoms with Gasteiger partial charge in [0.25, 0.3) is 0 Å². The van der Waals surface area contributed by atoms with Crippen LogP contribution in [0.5, 0.6) is 0 Å². The van der Waals surface area contributed by atoms with Gasteiger partial charge in [0.15, 0.2) is 5.82 Å². The van der Waals surface area contributed by atoms with Crippen LogP contribution in [0.4, 0.5) is 16.0 Å². The van der Waals surface area contributed by atoms with Gasteiger partial charge in [-0.3, -0.25) is 0 Å². The molecule has 0 aliphatic carbocycles. The van der Waals surface area contributed by atoms with Crippen LogP contribution in [0.25, 0.3) is 0 Å². The lowest BCUT2D eigenvalue weighted by molar-refractivity contribution is 0.00578. The molecule has 3 heterocycles. The summed E-state index contributed by atoms with van der Waals surface area (Å²) in [6.45, 7) is 15.0. The SMILES string of the molecule is C=NN(/C=C(\C)F)c1ccc([C@H](C)N(C)c2ccc(B3OC(C)(C)C(C)(C)O3)cn2)cn1. The van der Waals surface area contributed by atoms with Crippen molar-refractivity contribution in [2.45, 2.75) is 58.8 Å². The van der Waals surface area contributed by atoms with Crippen molar-refractivity contribution >= 4 is 30.9 Å². The third kappa shape index (κ3) is 4.84. The minimum Gasteiger partial charge on any atom is -0.399 e. The van der Waals surface area contributed by atoms with Crippen LogP contribution in [0.1, 0.15) is 53.1 Å². The molecule has 0 N–H and O–H groups in total. The Morgan fingerprint density at radius 1 is 1.09 bits per heavy atom. The fourth-order valence-electron chi connectivity index (χ4n) is 3.27. The number of hydrogen-bond donors (Lipinski definition) is 0. The van der Waals surface area contributed by atoms with E-state index in [1.165, 1.54) is 18.1 Å². The van der Waals surface area contributed by atoms with Crippen LogP contribution >= 0.6 is 0 Å². The first-order chi connectivity index (χ1) is 14.9. The number of hydrogen-bond acceptors (Lipinski definition) is 7. The van der Waals surface area contributed by atoms with Crippen molar-refractivity contribution in [3.63, 3.8) is 0 Å². The second-order valence-electron chi connectivity index (χ2n) is 8.98. The first-order valence-corrected chi connectivity index (χ1v) is 10.6. The predicted octanol–water partition coefficient (Wildman–Crippen LogP) is 4.23. The number of nitrogens with zero attached hydrogens (tertiary/aromatic N) is 5. The zero-order valence-electron chi connectivity index (χ0n) is 19.8. The Morgan fingerprint density at radius 2 is 1.69 bits per heavy atom. The van der Waals surface area contributed by atoms with Gasteiger partial charge in [-0.2, -0.15) is 5.10 Å². The molecule has 0 amide bonds. The van der Waals surface area contributed by atoms with Gasteiger partial charge in [0.2, 0.25) is 0 Å². The van der Waals surface area contributed by atoms with Crippen molar-refractivity contribution in [2.75, 3.05) is 17.0 Å². The maximum Gasteiger partial charge on any atom is 0.496 e. The molecule has 3 rings (SSSR count). The van der Waals surface area contributed by atoms with E-state index in [2.05, 4.69) is 33.6 Å². The van der Waals surface area contributed by atoms with Gasteiger partial charge < -0.3 is 14.2 Å². The minimum atomic E-state index is -0.440. The second kappa shape index (κ2) is 9.00. The standard InChI is InChI=1S/C23H31BFN5O2/c1-16(25)15-30(26-7)21-11-9-18(13-27-21)17(2)29(8)20-12-10-19(14-28-20)24-31-22(3,4)23(5,6)32-24/h9-15,17H,7H2,1-6,8H3/b16-15+/t17-/m0/s1. The molecule has 32 heavy (non-hydrogen) atoms. The highest BCUT2D eigenvalue weighted by atomic mass is 19.1. The lowest BCUT2D eigenvalue weighted by atomic mass is 9.80. The topological polar surface area (TPSA) is 63.1 Å². The van der Waals surface area contributed by atoms with Crippen molar-refractivity contribution in [3.05, 3.63) is 54.2 Å². The van der Waals surface area contributed by atoms with Gasteiger partial charge in [-0.05, 0) is 59.2 Å². The quantitative estimate of drug-likeness (QED) is 0.366. The Labute approximate surface area is 190 Å². The molecule has 170 valence electrons. The molecule has 0 unspecified atom stereocenters. The van der Waals surface area contributed by atoms with Crippen LogP contribution in [0.3, 0.4) is 0 Å². The zero-order valence-corrected chi connectivity index (χ0v) is 19.8. The summed E-state index contributed by atoms with van der Waals surface area (Å²) in [5.74, 6) is 0.916. The summed E-state index contributed by atoms with van der Waals surface area (Å²) in [6.07, 6.45) is 4.77. The third-order valence-corrected chi connectivity index (χ3v) is 6.18. The lowest BCUT2D eigenvalue weighted by Crippen LogP contribution is -2.41. The van der Waals surface area contributed by atoms with Gasteiger partial charge in [0, 0.05) is 31.6 Å². The highest BCUT2D eigenvalue weighted by Gasteiger charge is 2.51. The monoisotopic (exact) mass is 439 g/mol. The molecule has 2 aromatic heterocycles. The van der Waals surface area contributed by atoms with Crippen LogP contribution in [0, 0.1) is 0 Å². The number of anilines is 2. The number of halogens is 1. The van der Waals surface area contributed by atoms with E-state index < -0.39 is 18.3 Å². The molecule has 1 atom stereocenters. The Balaban J connectivity index is 1.72. The third-order valence-electron chi connectivity index (χ3n) is 6.18. The average molecular weight is 439 g/mol. The Bertz CT molecular complexity index is 959. The Hall–Kier alpha value is -2.78. The summed E-state index contributed by atoms with van der Waals surface area (Å²) >= 11 is 0. The Kier molecular flexibility index (Phi) is 6.71. The van der Waals surface area contributed by atoms with Gasteiger partial charge >= 0.3 is 7.12 Å². The predicted molar refractivity (Wildman–Crippen MR) is 128 cm³/mol. The smallest absolute Gasteiger partial charge is 0.399 e. The molecular formula is C23H31BFN5O2. The van der Waals surface area contributed by atoms with Crippen LogP contribution in [0.2, 0.25) is 0 Å². The molecule has 1 aliphatic rings. The second-order valence-corrected chi connectivity index (χ2v) is 8.98. The highest BCUT2D eigenvalue weighted by molar-refractivity contribution is 6.62. The maximum absolute atomic E-state index is 13.2. The number of allylic oxidation sites excluding steroid dienone is 1. The fourth-order valence-corrected chi connectivity index (χ4v) is 3.27. The fraction of sp³-hybridized carbons (Fsp3) is 0.435. The van der Waals surface area contributed by atoms with E-state index in [0.717, 1.165) is 16.8 Å². The minimum absolute atomic E-state index is 0.00957. The van der Waals surface area contributed by atoms with Gasteiger partial charge in [-0.25, -0.2) is 19.4 Å².